The van der Waals surface area contributed by atoms with Gasteiger partial charge in [-0.25, -0.2) is 0 Å². The van der Waals surface area contributed by atoms with E-state index < -0.39 is 0 Å². The van der Waals surface area contributed by atoms with Crippen LogP contribution in [0.1, 0.15) is 46.0 Å². The number of morpholine rings is 1. The molecule has 2 aliphatic heterocycles. The first-order valence-electron chi connectivity index (χ1n) is 10.1. The van der Waals surface area contributed by atoms with Gasteiger partial charge in [-0.15, -0.1) is 0 Å². The lowest BCUT2D eigenvalue weighted by Gasteiger charge is -2.46. The molecule has 0 aromatic heterocycles. The third-order valence-electron chi connectivity index (χ3n) is 6.07. The van der Waals surface area contributed by atoms with Crippen LogP contribution >= 0.6 is 11.8 Å². The summed E-state index contributed by atoms with van der Waals surface area (Å²) in [5.74, 6) is 2.33. The minimum absolute atomic E-state index is 0.485. The van der Waals surface area contributed by atoms with Gasteiger partial charge in [0.2, 0.25) is 0 Å². The Morgan fingerprint density at radius 2 is 2.12 bits per heavy atom. The monoisotopic (exact) mass is 368 g/mol. The average Bonchev–Trinajstić information content (AvgIpc) is 2.63. The molecule has 1 saturated carbocycles. The van der Waals surface area contributed by atoms with Crippen LogP contribution in [-0.2, 0) is 4.74 Å². The van der Waals surface area contributed by atoms with E-state index in [0.717, 1.165) is 38.8 Å². The first-order valence-corrected chi connectivity index (χ1v) is 11.1. The van der Waals surface area contributed by atoms with Gasteiger partial charge in [0.05, 0.1) is 13.2 Å². The van der Waals surface area contributed by atoms with Gasteiger partial charge < -0.3 is 15.0 Å². The zero-order valence-corrected chi connectivity index (χ0v) is 17.1. The van der Waals surface area contributed by atoms with Gasteiger partial charge in [-0.3, -0.25) is 9.89 Å². The minimum atomic E-state index is 0.485. The first kappa shape index (κ1) is 19.3. The highest BCUT2D eigenvalue weighted by atomic mass is 32.2. The molecule has 1 spiro atoms. The molecule has 0 aromatic carbocycles. The van der Waals surface area contributed by atoms with Crippen LogP contribution in [0.2, 0.25) is 0 Å². The number of hydrogen-bond donors (Lipinski definition) is 1. The molecule has 0 amide bonds. The summed E-state index contributed by atoms with van der Waals surface area (Å²) in [7, 11) is 1.93. The van der Waals surface area contributed by atoms with Gasteiger partial charge in [-0.05, 0) is 26.7 Å². The predicted octanol–water partition coefficient (Wildman–Crippen LogP) is 2.42. The molecule has 6 heteroatoms. The molecule has 0 aromatic rings. The van der Waals surface area contributed by atoms with E-state index in [1.165, 1.54) is 44.4 Å². The molecule has 0 bridgehead atoms. The lowest BCUT2D eigenvalue weighted by molar-refractivity contribution is -0.0175. The van der Waals surface area contributed by atoms with Crippen molar-refractivity contribution in [1.29, 1.82) is 0 Å². The molecule has 0 radical (unpaired) electrons. The standard InChI is InChI=1S/C19H36N4OS/c1-16(23-9-11-24-14-17(23)2)13-21-18(20-3)22-10-12-25-19(15-22)7-5-4-6-8-19/h16-17H,4-15H2,1-3H3,(H,20,21). The minimum Gasteiger partial charge on any atom is -0.379 e. The zero-order valence-electron chi connectivity index (χ0n) is 16.3. The number of aliphatic imine (C=N–C) groups is 1. The van der Waals surface area contributed by atoms with Gasteiger partial charge in [-0.2, -0.15) is 11.8 Å². The van der Waals surface area contributed by atoms with Crippen LogP contribution < -0.4 is 5.32 Å². The Morgan fingerprint density at radius 3 is 2.84 bits per heavy atom. The van der Waals surface area contributed by atoms with E-state index in [4.69, 9.17) is 4.74 Å². The van der Waals surface area contributed by atoms with Crippen LogP contribution in [0.5, 0.6) is 0 Å². The topological polar surface area (TPSA) is 40.1 Å². The summed E-state index contributed by atoms with van der Waals surface area (Å²) in [6, 6.07) is 1.00. The lowest BCUT2D eigenvalue weighted by atomic mass is 9.87. The molecule has 2 unspecified atom stereocenters. The highest BCUT2D eigenvalue weighted by molar-refractivity contribution is 8.00. The van der Waals surface area contributed by atoms with Crippen molar-refractivity contribution in [1.82, 2.24) is 15.1 Å². The number of nitrogens with zero attached hydrogens (tertiary/aromatic N) is 3. The number of ether oxygens (including phenoxy) is 1. The Balaban J connectivity index is 1.53. The second-order valence-corrected chi connectivity index (χ2v) is 9.52. The van der Waals surface area contributed by atoms with E-state index in [1.54, 1.807) is 0 Å². The molecule has 3 aliphatic rings. The molecule has 25 heavy (non-hydrogen) atoms. The smallest absolute Gasteiger partial charge is 0.193 e. The second kappa shape index (κ2) is 8.96. The van der Waals surface area contributed by atoms with Gasteiger partial charge in [0.25, 0.3) is 0 Å². The summed E-state index contributed by atoms with van der Waals surface area (Å²) in [6.45, 7) is 10.6. The summed E-state index contributed by atoms with van der Waals surface area (Å²) in [5, 5.41) is 3.66. The maximum absolute atomic E-state index is 5.57. The van der Waals surface area contributed by atoms with Crippen LogP contribution in [0, 0.1) is 0 Å². The van der Waals surface area contributed by atoms with E-state index in [0.29, 0.717) is 16.8 Å². The van der Waals surface area contributed by atoms with E-state index >= 15 is 0 Å². The van der Waals surface area contributed by atoms with Crippen molar-refractivity contribution in [3.63, 3.8) is 0 Å². The number of rotatable bonds is 3. The molecule has 5 nitrogen and oxygen atoms in total. The van der Waals surface area contributed by atoms with Gasteiger partial charge in [0.1, 0.15) is 0 Å². The Hall–Kier alpha value is -0.460. The fourth-order valence-corrected chi connectivity index (χ4v) is 6.18. The third kappa shape index (κ3) is 4.83. The Morgan fingerprint density at radius 1 is 1.32 bits per heavy atom. The number of thioether (sulfide) groups is 1. The van der Waals surface area contributed by atoms with Gasteiger partial charge in [-0.1, -0.05) is 19.3 Å². The van der Waals surface area contributed by atoms with Crippen molar-refractivity contribution < 1.29 is 4.74 Å². The molecule has 3 rings (SSSR count). The van der Waals surface area contributed by atoms with Crippen molar-refractivity contribution in [3.8, 4) is 0 Å². The van der Waals surface area contributed by atoms with Crippen molar-refractivity contribution >= 4 is 17.7 Å². The average molecular weight is 369 g/mol. The van der Waals surface area contributed by atoms with Gasteiger partial charge in [0, 0.05) is 55.8 Å². The molecule has 1 N–H and O–H groups in total. The van der Waals surface area contributed by atoms with Crippen molar-refractivity contribution in [2.75, 3.05) is 52.2 Å². The lowest BCUT2D eigenvalue weighted by Crippen LogP contribution is -2.56. The molecular formula is C19H36N4OS. The van der Waals surface area contributed by atoms with Crippen LogP contribution in [-0.4, -0.2) is 84.8 Å². The van der Waals surface area contributed by atoms with E-state index in [2.05, 4.69) is 45.7 Å². The summed E-state index contributed by atoms with van der Waals surface area (Å²) in [4.78, 5) is 9.67. The summed E-state index contributed by atoms with van der Waals surface area (Å²) < 4.78 is 6.06. The van der Waals surface area contributed by atoms with Crippen molar-refractivity contribution in [2.24, 2.45) is 4.99 Å². The van der Waals surface area contributed by atoms with Crippen LogP contribution in [0.4, 0.5) is 0 Å². The van der Waals surface area contributed by atoms with E-state index in [9.17, 15) is 0 Å². The molecule has 1 aliphatic carbocycles. The maximum Gasteiger partial charge on any atom is 0.193 e. The Kier molecular flexibility index (Phi) is 6.92. The number of hydrogen-bond acceptors (Lipinski definition) is 4. The largest absolute Gasteiger partial charge is 0.379 e. The predicted molar refractivity (Wildman–Crippen MR) is 108 cm³/mol. The SMILES string of the molecule is CN=C(NCC(C)N1CCOCC1C)N1CCSC2(CCCCC2)C1. The highest BCUT2D eigenvalue weighted by Gasteiger charge is 2.38. The molecule has 2 saturated heterocycles. The van der Waals surface area contributed by atoms with E-state index in [-0.39, 0.29) is 0 Å². The van der Waals surface area contributed by atoms with Gasteiger partial charge in [0.15, 0.2) is 5.96 Å². The molecule has 144 valence electrons. The molecule has 3 fully saturated rings. The van der Waals surface area contributed by atoms with Crippen LogP contribution in [0.25, 0.3) is 0 Å². The van der Waals surface area contributed by atoms with E-state index in [1.807, 2.05) is 7.05 Å². The summed E-state index contributed by atoms with van der Waals surface area (Å²) in [5.41, 5.74) is 0. The highest BCUT2D eigenvalue weighted by Crippen LogP contribution is 2.42. The Labute approximate surface area is 157 Å². The maximum atomic E-state index is 5.57. The van der Waals surface area contributed by atoms with Crippen molar-refractivity contribution in [2.45, 2.75) is 62.8 Å². The summed E-state index contributed by atoms with van der Waals surface area (Å²) in [6.07, 6.45) is 6.99. The molecule has 2 atom stereocenters. The fourth-order valence-electron chi connectivity index (χ4n) is 4.61. The second-order valence-electron chi connectivity index (χ2n) is 7.95. The number of nitrogens with one attached hydrogen (secondary N) is 1. The third-order valence-corrected chi connectivity index (χ3v) is 7.60. The fraction of sp³-hybridized carbons (Fsp3) is 0.947. The molecule has 2 heterocycles. The quantitative estimate of drug-likeness (QED) is 0.612. The molecular weight excluding hydrogens is 332 g/mol. The zero-order chi connectivity index (χ0) is 17.7. The number of guanidine groups is 1. The van der Waals surface area contributed by atoms with Gasteiger partial charge >= 0.3 is 0 Å². The summed E-state index contributed by atoms with van der Waals surface area (Å²) >= 11 is 2.22. The normalized spacial score (nSPS) is 29.6. The first-order chi connectivity index (χ1) is 12.1. The van der Waals surface area contributed by atoms with Crippen LogP contribution in [0.3, 0.4) is 0 Å². The Bertz CT molecular complexity index is 447. The van der Waals surface area contributed by atoms with Crippen molar-refractivity contribution in [3.05, 3.63) is 0 Å². The van der Waals surface area contributed by atoms with Crippen LogP contribution in [0.15, 0.2) is 4.99 Å².